The minimum absolute atomic E-state index is 0.819. The van der Waals surface area contributed by atoms with E-state index in [1.54, 1.807) is 0 Å². The van der Waals surface area contributed by atoms with E-state index in [0.717, 1.165) is 6.55 Å². The molecule has 28 heteroatoms. The number of hydrogen-bond donors (Lipinski definition) is 0. The van der Waals surface area contributed by atoms with Gasteiger partial charge in [-0.15, -0.1) is 0 Å². The van der Waals surface area contributed by atoms with Crippen molar-refractivity contribution in [2.24, 2.45) is 0 Å². The van der Waals surface area contributed by atoms with Crippen LogP contribution in [-0.2, 0) is 28.8 Å². The van der Waals surface area contributed by atoms with Crippen molar-refractivity contribution in [3.8, 4) is 0 Å². The van der Waals surface area contributed by atoms with Crippen molar-refractivity contribution in [1.29, 1.82) is 0 Å². The summed E-state index contributed by atoms with van der Waals surface area (Å²) in [7, 11) is -3.87. The summed E-state index contributed by atoms with van der Waals surface area (Å²) in [6.07, 6.45) is -39.8. The number of alkyl halides is 18. The molecule has 0 saturated heterocycles. The largest absolute Gasteiger partial charge is 0.471 e. The SMILES string of the molecule is C[Si](CCCN(C(=O)C(F)(F)F)C(=O)C(F)(F)F)(CCCN(C(=O)C(F)(F)F)C(=O)C(F)(F)F)CCCN(C(=O)C(F)(F)F)C(=O)C(F)(F)F. The lowest BCUT2D eigenvalue weighted by atomic mass is 10.3. The van der Waals surface area contributed by atoms with Crippen molar-refractivity contribution >= 4 is 43.5 Å². The van der Waals surface area contributed by atoms with Crippen molar-refractivity contribution < 1.29 is 108 Å². The Kier molecular flexibility index (Phi) is 15.0. The molecule has 0 fully saturated rings. The fourth-order valence-electron chi connectivity index (χ4n) is 4.17. The smallest absolute Gasteiger partial charge is 0.267 e. The number of amides is 6. The van der Waals surface area contributed by atoms with Gasteiger partial charge in [-0.3, -0.25) is 43.5 Å². The minimum atomic E-state index is -6.08. The lowest BCUT2D eigenvalue weighted by molar-refractivity contribution is -0.204. The lowest BCUT2D eigenvalue weighted by Gasteiger charge is -2.31. The molecule has 0 aromatic heterocycles. The van der Waals surface area contributed by atoms with Crippen LogP contribution in [0.15, 0.2) is 0 Å². The number of nitrogens with zero attached hydrogens (tertiary/aromatic N) is 3. The van der Waals surface area contributed by atoms with E-state index in [-0.39, 0.29) is 0 Å². The molecule has 0 aliphatic rings. The molecule has 0 bridgehead atoms. The Morgan fingerprint density at radius 2 is 0.500 bits per heavy atom. The molecule has 6 amide bonds. The van der Waals surface area contributed by atoms with Gasteiger partial charge in [0, 0.05) is 19.6 Å². The molecule has 290 valence electrons. The first-order valence-corrected chi connectivity index (χ1v) is 16.1. The molecule has 0 aromatic carbocycles. The van der Waals surface area contributed by atoms with Gasteiger partial charge in [-0.05, 0) is 19.3 Å². The summed E-state index contributed by atoms with van der Waals surface area (Å²) in [6, 6.07) is -2.46. The van der Waals surface area contributed by atoms with Crippen molar-refractivity contribution in [2.75, 3.05) is 19.6 Å². The highest BCUT2D eigenvalue weighted by molar-refractivity contribution is 6.78. The molecule has 0 unspecified atom stereocenters. The van der Waals surface area contributed by atoms with Gasteiger partial charge in [0.2, 0.25) is 0 Å². The highest BCUT2D eigenvalue weighted by Gasteiger charge is 2.54. The van der Waals surface area contributed by atoms with Crippen molar-refractivity contribution in [3.63, 3.8) is 0 Å². The summed E-state index contributed by atoms with van der Waals surface area (Å²) in [4.78, 5) is 64.8. The Labute approximate surface area is 267 Å². The summed E-state index contributed by atoms with van der Waals surface area (Å²) >= 11 is 0. The zero-order chi connectivity index (χ0) is 40.1. The van der Waals surface area contributed by atoms with E-state index in [0.29, 0.717) is 0 Å². The normalized spacial score (nSPS) is 13.5. The van der Waals surface area contributed by atoms with Gasteiger partial charge in [0.1, 0.15) is 0 Å². The minimum Gasteiger partial charge on any atom is -0.267 e. The maximum Gasteiger partial charge on any atom is 0.471 e. The van der Waals surface area contributed by atoms with Gasteiger partial charge in [0.05, 0.1) is 8.07 Å². The molecule has 9 nitrogen and oxygen atoms in total. The molecular formula is C22H21F18N3O6Si. The molecule has 0 atom stereocenters. The standard InChI is InChI=1S/C22H21F18N3O6Si/c1-50(8-2-5-41(11(44)17(23,24)25)12(45)18(26,27)28,9-3-6-42(13(46)19(29,30)31)14(47)20(32,33)34)10-4-7-43(15(48)21(35,36)37)16(49)22(38,39)40/h2-10H2,1H3. The van der Waals surface area contributed by atoms with Crippen LogP contribution in [0.2, 0.25) is 24.7 Å². The first-order valence-electron chi connectivity index (χ1n) is 13.0. The van der Waals surface area contributed by atoms with Crippen LogP contribution in [-0.4, -0.2) is 115 Å². The third kappa shape index (κ3) is 13.9. The first kappa shape index (κ1) is 46.4. The zero-order valence-corrected chi connectivity index (χ0v) is 25.5. The third-order valence-electron chi connectivity index (χ3n) is 6.41. The van der Waals surface area contributed by atoms with Crippen LogP contribution in [0.5, 0.6) is 0 Å². The number of halogens is 18. The number of carbonyl (C=O) groups excluding carboxylic acids is 6. The molecule has 0 spiro atoms. The van der Waals surface area contributed by atoms with E-state index in [9.17, 15) is 108 Å². The highest BCUT2D eigenvalue weighted by Crippen LogP contribution is 2.32. The van der Waals surface area contributed by atoms with Crippen molar-refractivity contribution in [1.82, 2.24) is 14.7 Å². The molecule has 0 saturated carbocycles. The molecule has 0 N–H and O–H groups in total. The van der Waals surface area contributed by atoms with Crippen LogP contribution in [0.25, 0.3) is 0 Å². The van der Waals surface area contributed by atoms with Gasteiger partial charge >= 0.3 is 72.5 Å². The summed E-state index contributed by atoms with van der Waals surface area (Å²) in [6.45, 7) is -4.22. The quantitative estimate of drug-likeness (QED) is 0.186. The summed E-state index contributed by atoms with van der Waals surface area (Å²) in [5.74, 6) is -20.1. The molecule has 0 aliphatic heterocycles. The van der Waals surface area contributed by atoms with Gasteiger partial charge in [0.15, 0.2) is 0 Å². The topological polar surface area (TPSA) is 112 Å². The van der Waals surface area contributed by atoms with Crippen LogP contribution < -0.4 is 0 Å². The summed E-state index contributed by atoms with van der Waals surface area (Å²) in [5.41, 5.74) is 0. The van der Waals surface area contributed by atoms with Crippen LogP contribution >= 0.6 is 0 Å². The molecule has 0 heterocycles. The first-order chi connectivity index (χ1) is 22.0. The Morgan fingerprint density at radius 3 is 0.620 bits per heavy atom. The fraction of sp³-hybridized carbons (Fsp3) is 0.727. The lowest BCUT2D eigenvalue weighted by Crippen LogP contribution is -2.51. The average molecular weight is 793 g/mol. The monoisotopic (exact) mass is 793 g/mol. The van der Waals surface area contributed by atoms with Gasteiger partial charge in [0.25, 0.3) is 0 Å². The predicted molar refractivity (Wildman–Crippen MR) is 126 cm³/mol. The van der Waals surface area contributed by atoms with E-state index in [1.165, 1.54) is 0 Å². The van der Waals surface area contributed by atoms with Crippen LogP contribution in [0.4, 0.5) is 79.0 Å². The van der Waals surface area contributed by atoms with E-state index in [4.69, 9.17) is 0 Å². The summed E-state index contributed by atoms with van der Waals surface area (Å²) < 4.78 is 231. The molecular weight excluding hydrogens is 772 g/mol. The van der Waals surface area contributed by atoms with E-state index in [1.807, 2.05) is 0 Å². The number of rotatable bonds is 12. The van der Waals surface area contributed by atoms with Crippen molar-refractivity contribution in [3.05, 3.63) is 0 Å². The number of carbonyl (C=O) groups is 6. The predicted octanol–water partition coefficient (Wildman–Crippen LogP) is 5.67. The highest BCUT2D eigenvalue weighted by atomic mass is 28.3. The van der Waals surface area contributed by atoms with Crippen LogP contribution in [0, 0.1) is 0 Å². The molecule has 0 aromatic rings. The average Bonchev–Trinajstić information content (AvgIpc) is 2.91. The second-order valence-electron chi connectivity index (χ2n) is 10.4. The maximum absolute atomic E-state index is 12.8. The number of imide groups is 3. The molecule has 50 heavy (non-hydrogen) atoms. The fourth-order valence-corrected chi connectivity index (χ4v) is 7.96. The van der Waals surface area contributed by atoms with Gasteiger partial charge in [-0.1, -0.05) is 24.7 Å². The Balaban J connectivity index is 6.48. The van der Waals surface area contributed by atoms with Crippen LogP contribution in [0.3, 0.4) is 0 Å². The van der Waals surface area contributed by atoms with Gasteiger partial charge in [-0.2, -0.15) is 79.0 Å². The number of hydrogen-bond acceptors (Lipinski definition) is 6. The van der Waals surface area contributed by atoms with Gasteiger partial charge in [-0.25, -0.2) is 0 Å². The van der Waals surface area contributed by atoms with E-state index < -0.39 is 152 Å². The summed E-state index contributed by atoms with van der Waals surface area (Å²) in [5, 5.41) is 0. The Hall–Kier alpha value is -3.62. The third-order valence-corrected chi connectivity index (χ3v) is 11.1. The molecule has 0 rings (SSSR count). The second-order valence-corrected chi connectivity index (χ2v) is 15.5. The zero-order valence-electron chi connectivity index (χ0n) is 24.5. The Bertz CT molecular complexity index is 1040. The van der Waals surface area contributed by atoms with E-state index in [2.05, 4.69) is 0 Å². The molecule has 0 radical (unpaired) electrons. The maximum atomic E-state index is 12.8. The van der Waals surface area contributed by atoms with E-state index >= 15 is 0 Å². The van der Waals surface area contributed by atoms with Crippen molar-refractivity contribution in [2.45, 2.75) is 81.0 Å². The Morgan fingerprint density at radius 1 is 0.360 bits per heavy atom. The van der Waals surface area contributed by atoms with Crippen LogP contribution in [0.1, 0.15) is 19.3 Å². The second kappa shape index (κ2) is 16.2. The molecule has 0 aliphatic carbocycles. The van der Waals surface area contributed by atoms with Gasteiger partial charge < -0.3 is 0 Å².